The fourth-order valence-electron chi connectivity index (χ4n) is 3.24. The van der Waals surface area contributed by atoms with Gasteiger partial charge in [-0.05, 0) is 35.2 Å². The number of alkyl halides is 3. The molecule has 0 saturated heterocycles. The lowest BCUT2D eigenvalue weighted by Gasteiger charge is -2.29. The van der Waals surface area contributed by atoms with E-state index in [2.05, 4.69) is 21.7 Å². The summed E-state index contributed by atoms with van der Waals surface area (Å²) in [6.45, 7) is 1.46. The number of guanidine groups is 1. The van der Waals surface area contributed by atoms with Crippen LogP contribution in [0.3, 0.4) is 0 Å². The number of nitrogens with one attached hydrogen (secondary N) is 2. The highest BCUT2D eigenvalue weighted by Crippen LogP contribution is 2.29. The largest absolute Gasteiger partial charge is 0.416 e. The summed E-state index contributed by atoms with van der Waals surface area (Å²) in [7, 11) is 1.54. The standard InChI is InChI=1S/C21H23F3N4O.HI/c1-25-20(26-12-15-5-4-8-18(11-15)21(22,23)24)27-13-19(29)28-10-9-16-6-2-3-7-17(16)14-28;/h2-8,11H,9-10,12-14H2,1H3,(H2,25,26,27);1H. The molecule has 0 fully saturated rings. The van der Waals surface area contributed by atoms with Crippen molar-refractivity contribution in [3.63, 3.8) is 0 Å². The molecule has 0 unspecified atom stereocenters. The van der Waals surface area contributed by atoms with Crippen LogP contribution in [0.1, 0.15) is 22.3 Å². The molecule has 1 heterocycles. The van der Waals surface area contributed by atoms with Crippen LogP contribution in [0.2, 0.25) is 0 Å². The molecule has 2 N–H and O–H groups in total. The molecular formula is C21H24F3IN4O. The fourth-order valence-corrected chi connectivity index (χ4v) is 3.24. The third kappa shape index (κ3) is 6.35. The maximum absolute atomic E-state index is 12.8. The number of halogens is 4. The van der Waals surface area contributed by atoms with Gasteiger partial charge in [0.15, 0.2) is 5.96 Å². The number of carbonyl (C=O) groups excluding carboxylic acids is 1. The Hall–Kier alpha value is -2.30. The van der Waals surface area contributed by atoms with E-state index in [0.717, 1.165) is 24.1 Å². The van der Waals surface area contributed by atoms with E-state index in [1.807, 2.05) is 18.2 Å². The van der Waals surface area contributed by atoms with Crippen molar-refractivity contribution in [3.8, 4) is 0 Å². The minimum Gasteiger partial charge on any atom is -0.352 e. The predicted molar refractivity (Wildman–Crippen MR) is 121 cm³/mol. The van der Waals surface area contributed by atoms with Gasteiger partial charge in [0.05, 0.1) is 12.1 Å². The second kappa shape index (κ2) is 10.6. The second-order valence-electron chi connectivity index (χ2n) is 6.81. The Balaban J connectivity index is 0.00000320. The van der Waals surface area contributed by atoms with Gasteiger partial charge in [-0.25, -0.2) is 0 Å². The summed E-state index contributed by atoms with van der Waals surface area (Å²) in [5.74, 6) is 0.301. The maximum atomic E-state index is 12.8. The van der Waals surface area contributed by atoms with Crippen LogP contribution in [0.15, 0.2) is 53.5 Å². The highest BCUT2D eigenvalue weighted by atomic mass is 127. The van der Waals surface area contributed by atoms with Crippen LogP contribution >= 0.6 is 24.0 Å². The van der Waals surface area contributed by atoms with Gasteiger partial charge in [0.2, 0.25) is 5.91 Å². The summed E-state index contributed by atoms with van der Waals surface area (Å²) in [5.41, 5.74) is 2.20. The summed E-state index contributed by atoms with van der Waals surface area (Å²) in [5, 5.41) is 5.87. The molecule has 0 radical (unpaired) electrons. The highest BCUT2D eigenvalue weighted by Gasteiger charge is 2.30. The molecule has 0 aliphatic carbocycles. The molecule has 1 aliphatic rings. The van der Waals surface area contributed by atoms with E-state index < -0.39 is 11.7 Å². The van der Waals surface area contributed by atoms with E-state index in [4.69, 9.17) is 0 Å². The van der Waals surface area contributed by atoms with Crippen LogP contribution in [0.25, 0.3) is 0 Å². The van der Waals surface area contributed by atoms with E-state index in [0.29, 0.717) is 24.6 Å². The monoisotopic (exact) mass is 532 g/mol. The number of nitrogens with zero attached hydrogens (tertiary/aromatic N) is 2. The number of fused-ring (bicyclic) bond motifs is 1. The van der Waals surface area contributed by atoms with Gasteiger partial charge in [-0.1, -0.05) is 36.4 Å². The van der Waals surface area contributed by atoms with Crippen LogP contribution < -0.4 is 10.6 Å². The van der Waals surface area contributed by atoms with Crippen LogP contribution in [-0.4, -0.2) is 36.9 Å². The Kier molecular flexibility index (Phi) is 8.51. The van der Waals surface area contributed by atoms with Gasteiger partial charge < -0.3 is 15.5 Å². The molecule has 0 aromatic heterocycles. The highest BCUT2D eigenvalue weighted by molar-refractivity contribution is 14.0. The number of rotatable bonds is 4. The lowest BCUT2D eigenvalue weighted by Crippen LogP contribution is -2.45. The molecule has 5 nitrogen and oxygen atoms in total. The molecule has 1 amide bonds. The third-order valence-electron chi connectivity index (χ3n) is 4.83. The molecule has 0 saturated carbocycles. The van der Waals surface area contributed by atoms with Crippen molar-refractivity contribution >= 4 is 35.8 Å². The Morgan fingerprint density at radius 3 is 2.53 bits per heavy atom. The molecule has 0 atom stereocenters. The average Bonchev–Trinajstić information content (AvgIpc) is 2.73. The van der Waals surface area contributed by atoms with Crippen molar-refractivity contribution in [2.24, 2.45) is 4.99 Å². The minimum absolute atomic E-state index is 0. The van der Waals surface area contributed by atoms with E-state index in [1.165, 1.54) is 11.6 Å². The zero-order valence-corrected chi connectivity index (χ0v) is 18.8. The summed E-state index contributed by atoms with van der Waals surface area (Å²) in [4.78, 5) is 18.3. The molecule has 0 spiro atoms. The first kappa shape index (κ1) is 24.0. The normalized spacial score (nSPS) is 13.9. The Morgan fingerprint density at radius 2 is 1.83 bits per heavy atom. The van der Waals surface area contributed by atoms with Gasteiger partial charge in [0.1, 0.15) is 0 Å². The van der Waals surface area contributed by atoms with Crippen molar-refractivity contribution in [2.45, 2.75) is 25.7 Å². The first-order chi connectivity index (χ1) is 13.9. The van der Waals surface area contributed by atoms with Crippen molar-refractivity contribution in [3.05, 3.63) is 70.8 Å². The SMILES string of the molecule is CN=C(NCC(=O)N1CCc2ccccc2C1)NCc1cccc(C(F)(F)F)c1.I. The number of carbonyl (C=O) groups is 1. The predicted octanol–water partition coefficient (Wildman–Crippen LogP) is 3.57. The molecule has 2 aromatic carbocycles. The number of amides is 1. The van der Waals surface area contributed by atoms with Crippen LogP contribution in [0.4, 0.5) is 13.2 Å². The Bertz CT molecular complexity index is 902. The first-order valence-corrected chi connectivity index (χ1v) is 9.32. The third-order valence-corrected chi connectivity index (χ3v) is 4.83. The number of benzene rings is 2. The van der Waals surface area contributed by atoms with Gasteiger partial charge in [-0.3, -0.25) is 9.79 Å². The number of hydrogen-bond acceptors (Lipinski definition) is 2. The zero-order chi connectivity index (χ0) is 20.9. The topological polar surface area (TPSA) is 56.7 Å². The zero-order valence-electron chi connectivity index (χ0n) is 16.5. The lowest BCUT2D eigenvalue weighted by atomic mass is 10.00. The van der Waals surface area contributed by atoms with E-state index in [9.17, 15) is 18.0 Å². The summed E-state index contributed by atoms with van der Waals surface area (Å²) in [6, 6.07) is 13.2. The maximum Gasteiger partial charge on any atom is 0.416 e. The molecule has 3 rings (SSSR count). The van der Waals surface area contributed by atoms with Gasteiger partial charge >= 0.3 is 6.18 Å². The second-order valence-corrected chi connectivity index (χ2v) is 6.81. The van der Waals surface area contributed by atoms with Crippen molar-refractivity contribution < 1.29 is 18.0 Å². The van der Waals surface area contributed by atoms with Crippen molar-refractivity contribution in [2.75, 3.05) is 20.1 Å². The molecule has 0 bridgehead atoms. The summed E-state index contributed by atoms with van der Waals surface area (Å²) < 4.78 is 38.4. The smallest absolute Gasteiger partial charge is 0.352 e. The summed E-state index contributed by atoms with van der Waals surface area (Å²) >= 11 is 0. The van der Waals surface area contributed by atoms with Crippen LogP contribution in [0.5, 0.6) is 0 Å². The van der Waals surface area contributed by atoms with E-state index in [1.54, 1.807) is 18.0 Å². The van der Waals surface area contributed by atoms with Gasteiger partial charge in [-0.15, -0.1) is 24.0 Å². The molecule has 9 heteroatoms. The molecule has 2 aromatic rings. The molecular weight excluding hydrogens is 508 g/mol. The Labute approximate surface area is 190 Å². The van der Waals surface area contributed by atoms with E-state index >= 15 is 0 Å². The molecule has 1 aliphatic heterocycles. The van der Waals surface area contributed by atoms with Gasteiger partial charge in [-0.2, -0.15) is 13.2 Å². The number of hydrogen-bond donors (Lipinski definition) is 2. The van der Waals surface area contributed by atoms with Gasteiger partial charge in [0.25, 0.3) is 0 Å². The lowest BCUT2D eigenvalue weighted by molar-refractivity contribution is -0.137. The van der Waals surface area contributed by atoms with Crippen LogP contribution in [0, 0.1) is 0 Å². The van der Waals surface area contributed by atoms with Crippen LogP contribution in [-0.2, 0) is 30.5 Å². The van der Waals surface area contributed by atoms with Gasteiger partial charge in [0, 0.05) is 26.7 Å². The first-order valence-electron chi connectivity index (χ1n) is 9.32. The Morgan fingerprint density at radius 1 is 1.10 bits per heavy atom. The molecule has 162 valence electrons. The quantitative estimate of drug-likeness (QED) is 0.360. The minimum atomic E-state index is -4.38. The molecule has 30 heavy (non-hydrogen) atoms. The van der Waals surface area contributed by atoms with Crippen molar-refractivity contribution in [1.29, 1.82) is 0 Å². The summed E-state index contributed by atoms with van der Waals surface area (Å²) in [6.07, 6.45) is -3.56. The number of aliphatic imine (C=N–C) groups is 1. The average molecular weight is 532 g/mol. The fraction of sp³-hybridized carbons (Fsp3) is 0.333. The van der Waals surface area contributed by atoms with Crippen molar-refractivity contribution in [1.82, 2.24) is 15.5 Å². The van der Waals surface area contributed by atoms with E-state index in [-0.39, 0.29) is 43.0 Å².